The van der Waals surface area contributed by atoms with E-state index in [9.17, 15) is 9.59 Å². The summed E-state index contributed by atoms with van der Waals surface area (Å²) < 4.78 is 5.17. The summed E-state index contributed by atoms with van der Waals surface area (Å²) >= 11 is 4.03. The number of rotatable bonds is 4. The SMILES string of the molecule is CCCOc1ccccc1N1C(=O)[C@@H]2C3c4ccccc4C(Br)(c4ccccc43)[C@H]2C1=O. The Labute approximate surface area is 195 Å². The van der Waals surface area contributed by atoms with E-state index in [2.05, 4.69) is 40.2 Å². The van der Waals surface area contributed by atoms with Gasteiger partial charge in [0.15, 0.2) is 0 Å². The minimum atomic E-state index is -0.736. The Bertz CT molecular complexity index is 1220. The van der Waals surface area contributed by atoms with Crippen LogP contribution in [0, 0.1) is 11.8 Å². The Morgan fingerprint density at radius 2 is 1.47 bits per heavy atom. The molecule has 32 heavy (non-hydrogen) atoms. The van der Waals surface area contributed by atoms with Crippen molar-refractivity contribution in [3.05, 3.63) is 95.1 Å². The molecule has 0 aromatic heterocycles. The molecule has 2 amide bonds. The molecule has 2 atom stereocenters. The maximum atomic E-state index is 14.0. The van der Waals surface area contributed by atoms with E-state index in [-0.39, 0.29) is 17.7 Å². The van der Waals surface area contributed by atoms with Crippen molar-refractivity contribution >= 4 is 33.4 Å². The third-order valence-corrected chi connectivity index (χ3v) is 8.43. The summed E-state index contributed by atoms with van der Waals surface area (Å²) in [4.78, 5) is 29.3. The predicted molar refractivity (Wildman–Crippen MR) is 126 cm³/mol. The maximum absolute atomic E-state index is 14.0. The molecule has 7 rings (SSSR count). The molecule has 4 aliphatic rings. The highest BCUT2D eigenvalue weighted by Crippen LogP contribution is 2.66. The average molecular weight is 488 g/mol. The van der Waals surface area contributed by atoms with E-state index in [1.165, 1.54) is 4.90 Å². The molecule has 0 unspecified atom stereocenters. The van der Waals surface area contributed by atoms with Gasteiger partial charge in [0.05, 0.1) is 28.5 Å². The molecule has 0 N–H and O–H groups in total. The van der Waals surface area contributed by atoms with Crippen LogP contribution in [0.1, 0.15) is 41.5 Å². The summed E-state index contributed by atoms with van der Waals surface area (Å²) in [6.45, 7) is 2.56. The van der Waals surface area contributed by atoms with Crippen LogP contribution in [0.3, 0.4) is 0 Å². The summed E-state index contributed by atoms with van der Waals surface area (Å²) in [7, 11) is 0. The van der Waals surface area contributed by atoms with E-state index in [0.29, 0.717) is 18.0 Å². The minimum absolute atomic E-state index is 0.142. The molecule has 5 heteroatoms. The van der Waals surface area contributed by atoms with E-state index in [0.717, 1.165) is 28.7 Å². The number of amides is 2. The normalized spacial score (nSPS) is 27.2. The largest absolute Gasteiger partial charge is 0.491 e. The van der Waals surface area contributed by atoms with E-state index in [1.807, 2.05) is 49.4 Å². The van der Waals surface area contributed by atoms with Crippen LogP contribution in [-0.2, 0) is 13.9 Å². The summed E-state index contributed by atoms with van der Waals surface area (Å²) in [5.41, 5.74) is 4.96. The van der Waals surface area contributed by atoms with Crippen molar-refractivity contribution in [3.8, 4) is 5.75 Å². The van der Waals surface area contributed by atoms with Crippen LogP contribution in [-0.4, -0.2) is 18.4 Å². The number of para-hydroxylation sites is 2. The Morgan fingerprint density at radius 1 is 0.875 bits per heavy atom. The topological polar surface area (TPSA) is 46.6 Å². The van der Waals surface area contributed by atoms with Crippen LogP contribution >= 0.6 is 15.9 Å². The smallest absolute Gasteiger partial charge is 0.239 e. The molecule has 3 aliphatic carbocycles. The van der Waals surface area contributed by atoms with Gasteiger partial charge in [-0.2, -0.15) is 0 Å². The van der Waals surface area contributed by atoms with Gasteiger partial charge in [0, 0.05) is 5.92 Å². The molecule has 0 radical (unpaired) electrons. The Morgan fingerprint density at radius 3 is 2.12 bits per heavy atom. The third-order valence-electron chi connectivity index (χ3n) is 7.08. The van der Waals surface area contributed by atoms with Gasteiger partial charge in [-0.05, 0) is 40.8 Å². The van der Waals surface area contributed by atoms with Gasteiger partial charge in [-0.25, -0.2) is 4.90 Å². The van der Waals surface area contributed by atoms with Gasteiger partial charge >= 0.3 is 0 Å². The number of carbonyl (C=O) groups is 2. The Kier molecular flexibility index (Phi) is 4.34. The van der Waals surface area contributed by atoms with E-state index in [1.54, 1.807) is 6.07 Å². The molecule has 1 fully saturated rings. The van der Waals surface area contributed by atoms with Crippen LogP contribution in [0.4, 0.5) is 5.69 Å². The van der Waals surface area contributed by atoms with E-state index < -0.39 is 16.2 Å². The lowest BCUT2D eigenvalue weighted by molar-refractivity contribution is -0.122. The molecule has 2 bridgehead atoms. The summed E-state index contributed by atoms with van der Waals surface area (Å²) in [6.07, 6.45) is 0.846. The number of nitrogens with zero attached hydrogens (tertiary/aromatic N) is 1. The number of alkyl halides is 1. The molecule has 3 aromatic carbocycles. The van der Waals surface area contributed by atoms with Crippen molar-refractivity contribution in [1.82, 2.24) is 0 Å². The molecule has 1 aliphatic heterocycles. The quantitative estimate of drug-likeness (QED) is 0.366. The van der Waals surface area contributed by atoms with Crippen molar-refractivity contribution in [1.29, 1.82) is 0 Å². The molecular formula is C27H22BrNO3. The first-order valence-electron chi connectivity index (χ1n) is 11.1. The molecular weight excluding hydrogens is 466 g/mol. The lowest BCUT2D eigenvalue weighted by Crippen LogP contribution is -2.50. The number of benzene rings is 3. The Balaban J connectivity index is 1.55. The van der Waals surface area contributed by atoms with Crippen LogP contribution in [0.2, 0.25) is 0 Å². The van der Waals surface area contributed by atoms with Gasteiger partial charge in [-0.3, -0.25) is 9.59 Å². The zero-order valence-electron chi connectivity index (χ0n) is 17.6. The maximum Gasteiger partial charge on any atom is 0.239 e. The molecule has 4 nitrogen and oxygen atoms in total. The number of hydrogen-bond donors (Lipinski definition) is 0. The first-order chi connectivity index (χ1) is 15.6. The highest BCUT2D eigenvalue weighted by atomic mass is 79.9. The van der Waals surface area contributed by atoms with Crippen molar-refractivity contribution < 1.29 is 14.3 Å². The number of hydrogen-bond acceptors (Lipinski definition) is 3. The van der Waals surface area contributed by atoms with Crippen molar-refractivity contribution in [2.24, 2.45) is 11.8 Å². The predicted octanol–water partition coefficient (Wildman–Crippen LogP) is 5.38. The molecule has 1 saturated heterocycles. The molecule has 3 aromatic rings. The lowest BCUT2D eigenvalue weighted by atomic mass is 9.55. The number of imide groups is 1. The van der Waals surface area contributed by atoms with Crippen LogP contribution < -0.4 is 9.64 Å². The van der Waals surface area contributed by atoms with Crippen LogP contribution in [0.5, 0.6) is 5.75 Å². The first kappa shape index (κ1) is 19.7. The van der Waals surface area contributed by atoms with Gasteiger partial charge in [-0.15, -0.1) is 0 Å². The Hall–Kier alpha value is -2.92. The third kappa shape index (κ3) is 2.37. The highest BCUT2D eigenvalue weighted by Gasteiger charge is 2.67. The summed E-state index contributed by atoms with van der Waals surface area (Å²) in [6, 6.07) is 23.8. The highest BCUT2D eigenvalue weighted by molar-refractivity contribution is 9.09. The van der Waals surface area contributed by atoms with Gasteiger partial charge in [0.1, 0.15) is 5.75 Å². The average Bonchev–Trinajstić information content (AvgIpc) is 3.09. The van der Waals surface area contributed by atoms with E-state index >= 15 is 0 Å². The van der Waals surface area contributed by atoms with Crippen molar-refractivity contribution in [2.45, 2.75) is 23.6 Å². The van der Waals surface area contributed by atoms with Crippen LogP contribution in [0.25, 0.3) is 0 Å². The fraction of sp³-hybridized carbons (Fsp3) is 0.259. The fourth-order valence-electron chi connectivity index (χ4n) is 5.89. The molecule has 0 spiro atoms. The number of carbonyl (C=O) groups excluding carboxylic acids is 2. The first-order valence-corrected chi connectivity index (χ1v) is 11.9. The van der Waals surface area contributed by atoms with Gasteiger partial charge < -0.3 is 4.74 Å². The van der Waals surface area contributed by atoms with Gasteiger partial charge in [0.25, 0.3) is 0 Å². The van der Waals surface area contributed by atoms with Crippen molar-refractivity contribution in [2.75, 3.05) is 11.5 Å². The second-order valence-electron chi connectivity index (χ2n) is 8.70. The van der Waals surface area contributed by atoms with Crippen molar-refractivity contribution in [3.63, 3.8) is 0 Å². The zero-order chi connectivity index (χ0) is 22.0. The summed E-state index contributed by atoms with van der Waals surface area (Å²) in [5, 5.41) is 0. The second-order valence-corrected chi connectivity index (χ2v) is 9.95. The summed E-state index contributed by atoms with van der Waals surface area (Å²) in [5.74, 6) is -0.851. The fourth-order valence-corrected chi connectivity index (χ4v) is 7.10. The monoisotopic (exact) mass is 487 g/mol. The van der Waals surface area contributed by atoms with Gasteiger partial charge in [-0.1, -0.05) is 83.5 Å². The molecule has 0 saturated carbocycles. The second kappa shape index (κ2) is 7.04. The lowest BCUT2D eigenvalue weighted by Gasteiger charge is -2.51. The number of anilines is 1. The number of halogens is 1. The zero-order valence-corrected chi connectivity index (χ0v) is 19.2. The molecule has 1 heterocycles. The standard InChI is InChI=1S/C27H22BrNO3/c1-2-15-32-21-14-8-7-13-20(21)29-25(30)23-22-16-9-3-5-11-18(16)27(28,24(23)26(29)31)19-12-6-4-10-17(19)22/h3-14,22-24H,2,15H2,1H3/t22?,23-,24-,27?/m1/s1. The van der Waals surface area contributed by atoms with Crippen LogP contribution in [0.15, 0.2) is 72.8 Å². The van der Waals surface area contributed by atoms with Gasteiger partial charge in [0.2, 0.25) is 11.8 Å². The van der Waals surface area contributed by atoms with E-state index in [4.69, 9.17) is 4.74 Å². The molecule has 160 valence electrons. The number of ether oxygens (including phenoxy) is 1. The minimum Gasteiger partial charge on any atom is -0.491 e.